The molecular weight excluding hydrogens is 226 g/mol. The van der Waals surface area contributed by atoms with Gasteiger partial charge in [-0.1, -0.05) is 43.1 Å². The Labute approximate surface area is 106 Å². The van der Waals surface area contributed by atoms with Crippen LogP contribution < -0.4 is 10.6 Å². The molecule has 0 atom stereocenters. The molecule has 1 aliphatic heterocycles. The van der Waals surface area contributed by atoms with E-state index < -0.39 is 0 Å². The summed E-state index contributed by atoms with van der Waals surface area (Å²) in [7, 11) is 0. The van der Waals surface area contributed by atoms with E-state index >= 15 is 0 Å². The highest BCUT2D eigenvalue weighted by atomic mass is 32.2. The lowest BCUT2D eigenvalue weighted by atomic mass is 10.1. The fourth-order valence-electron chi connectivity index (χ4n) is 1.71. The Balaban J connectivity index is 2.35. The summed E-state index contributed by atoms with van der Waals surface area (Å²) in [6.07, 6.45) is 6.13. The first-order chi connectivity index (χ1) is 8.19. The zero-order valence-corrected chi connectivity index (χ0v) is 10.8. The van der Waals surface area contributed by atoms with Crippen molar-refractivity contribution < 1.29 is 0 Å². The molecule has 0 aromatic heterocycles. The molecule has 0 N–H and O–H groups in total. The molecule has 0 saturated carbocycles. The molecule has 1 aromatic carbocycles. The van der Waals surface area contributed by atoms with Gasteiger partial charge in [-0.15, -0.1) is 0 Å². The van der Waals surface area contributed by atoms with E-state index in [1.807, 2.05) is 13.0 Å². The SMILES string of the molecule is C=C/C(=C/c1ccc2c(c1)=CCN=2)SC(=C)C. The van der Waals surface area contributed by atoms with Crippen molar-refractivity contribution in [2.24, 2.45) is 4.99 Å². The van der Waals surface area contributed by atoms with E-state index in [1.165, 1.54) is 10.8 Å². The van der Waals surface area contributed by atoms with Crippen LogP contribution in [-0.4, -0.2) is 6.54 Å². The van der Waals surface area contributed by atoms with Gasteiger partial charge in [-0.25, -0.2) is 0 Å². The minimum Gasteiger partial charge on any atom is -0.281 e. The maximum atomic E-state index is 4.37. The summed E-state index contributed by atoms with van der Waals surface area (Å²) in [6, 6.07) is 6.31. The van der Waals surface area contributed by atoms with Crippen LogP contribution in [-0.2, 0) is 0 Å². The first-order valence-electron chi connectivity index (χ1n) is 5.51. The Bertz CT molecular complexity index is 608. The number of thioether (sulfide) groups is 1. The van der Waals surface area contributed by atoms with Crippen LogP contribution >= 0.6 is 11.8 Å². The fourth-order valence-corrected chi connectivity index (χ4v) is 2.39. The van der Waals surface area contributed by atoms with E-state index in [-0.39, 0.29) is 0 Å². The van der Waals surface area contributed by atoms with Crippen molar-refractivity contribution in [3.63, 3.8) is 0 Å². The van der Waals surface area contributed by atoms with Crippen LogP contribution in [0.3, 0.4) is 0 Å². The monoisotopic (exact) mass is 241 g/mol. The van der Waals surface area contributed by atoms with Gasteiger partial charge in [0.1, 0.15) is 0 Å². The fraction of sp³-hybridized carbons (Fsp3) is 0.133. The first kappa shape index (κ1) is 11.9. The van der Waals surface area contributed by atoms with Gasteiger partial charge in [-0.05, 0) is 40.8 Å². The summed E-state index contributed by atoms with van der Waals surface area (Å²) >= 11 is 1.64. The molecule has 1 nitrogen and oxygen atoms in total. The zero-order valence-electron chi connectivity index (χ0n) is 9.94. The van der Waals surface area contributed by atoms with E-state index in [4.69, 9.17) is 0 Å². The van der Waals surface area contributed by atoms with Crippen molar-refractivity contribution in [1.82, 2.24) is 0 Å². The molecule has 0 saturated heterocycles. The zero-order chi connectivity index (χ0) is 12.3. The molecule has 0 unspecified atom stereocenters. The van der Waals surface area contributed by atoms with Crippen LogP contribution in [0.25, 0.3) is 12.2 Å². The minimum absolute atomic E-state index is 0.803. The van der Waals surface area contributed by atoms with Crippen molar-refractivity contribution >= 4 is 23.9 Å². The summed E-state index contributed by atoms with van der Waals surface area (Å²) in [6.45, 7) is 10.5. The van der Waals surface area contributed by atoms with Crippen LogP contribution in [0.2, 0.25) is 0 Å². The van der Waals surface area contributed by atoms with Gasteiger partial charge in [0.05, 0.1) is 11.9 Å². The molecule has 0 bridgehead atoms. The van der Waals surface area contributed by atoms with Gasteiger partial charge < -0.3 is 0 Å². The van der Waals surface area contributed by atoms with Crippen LogP contribution in [0.1, 0.15) is 12.5 Å². The molecular formula is C15H15NS. The highest BCUT2D eigenvalue weighted by molar-refractivity contribution is 8.07. The predicted octanol–water partition coefficient (Wildman–Crippen LogP) is 2.89. The van der Waals surface area contributed by atoms with Crippen LogP contribution in [0, 0.1) is 0 Å². The highest BCUT2D eigenvalue weighted by Gasteiger charge is 1.98. The molecule has 1 aliphatic rings. The van der Waals surface area contributed by atoms with Crippen LogP contribution in [0.5, 0.6) is 0 Å². The molecule has 2 rings (SSSR count). The van der Waals surface area contributed by atoms with E-state index in [0.717, 1.165) is 21.7 Å². The van der Waals surface area contributed by atoms with Crippen molar-refractivity contribution in [2.45, 2.75) is 6.92 Å². The molecule has 0 aliphatic carbocycles. The predicted molar refractivity (Wildman–Crippen MR) is 77.1 cm³/mol. The van der Waals surface area contributed by atoms with Crippen LogP contribution in [0.15, 0.2) is 52.2 Å². The minimum atomic E-state index is 0.803. The second kappa shape index (κ2) is 5.19. The second-order valence-corrected chi connectivity index (χ2v) is 5.29. The van der Waals surface area contributed by atoms with Gasteiger partial charge in [0.2, 0.25) is 0 Å². The molecule has 0 amide bonds. The largest absolute Gasteiger partial charge is 0.281 e. The molecule has 1 heterocycles. The third kappa shape index (κ3) is 2.98. The van der Waals surface area contributed by atoms with Crippen molar-refractivity contribution in [3.05, 3.63) is 63.4 Å². The third-order valence-electron chi connectivity index (χ3n) is 2.43. The standard InChI is InChI=1S/C15H15NS/c1-4-14(17-11(2)3)10-12-5-6-15-13(9-12)7-8-16-15/h4-7,9-10H,1-2,8H2,3H3/b14-10-. The van der Waals surface area contributed by atoms with Gasteiger partial charge in [-0.3, -0.25) is 4.99 Å². The molecule has 0 radical (unpaired) electrons. The number of nitrogens with zero attached hydrogens (tertiary/aromatic N) is 1. The van der Waals surface area contributed by atoms with Gasteiger partial charge in [0.25, 0.3) is 0 Å². The van der Waals surface area contributed by atoms with Gasteiger partial charge in [-0.2, -0.15) is 0 Å². The molecule has 0 fully saturated rings. The summed E-state index contributed by atoms with van der Waals surface area (Å²) < 4.78 is 0. The topological polar surface area (TPSA) is 12.4 Å². The molecule has 1 aromatic rings. The Morgan fingerprint density at radius 1 is 1.47 bits per heavy atom. The lowest BCUT2D eigenvalue weighted by molar-refractivity contribution is 1.22. The summed E-state index contributed by atoms with van der Waals surface area (Å²) in [5.41, 5.74) is 1.18. The van der Waals surface area contributed by atoms with Gasteiger partial charge >= 0.3 is 0 Å². The Morgan fingerprint density at radius 3 is 3.00 bits per heavy atom. The normalized spacial score (nSPS) is 13.6. The average molecular weight is 241 g/mol. The molecule has 86 valence electrons. The van der Waals surface area contributed by atoms with E-state index in [2.05, 4.69) is 48.5 Å². The van der Waals surface area contributed by atoms with Crippen molar-refractivity contribution in [1.29, 1.82) is 0 Å². The third-order valence-corrected chi connectivity index (χ3v) is 3.30. The molecule has 17 heavy (non-hydrogen) atoms. The number of hydrogen-bond acceptors (Lipinski definition) is 2. The maximum Gasteiger partial charge on any atom is 0.0648 e. The van der Waals surface area contributed by atoms with E-state index in [9.17, 15) is 0 Å². The average Bonchev–Trinajstić information content (AvgIpc) is 2.74. The Hall–Kier alpha value is -1.54. The van der Waals surface area contributed by atoms with Gasteiger partial charge in [0, 0.05) is 4.91 Å². The first-order valence-corrected chi connectivity index (χ1v) is 6.33. The Kier molecular flexibility index (Phi) is 3.64. The second-order valence-electron chi connectivity index (χ2n) is 3.92. The van der Waals surface area contributed by atoms with E-state index in [1.54, 1.807) is 11.8 Å². The smallest absolute Gasteiger partial charge is 0.0648 e. The van der Waals surface area contributed by atoms with Crippen LogP contribution in [0.4, 0.5) is 0 Å². The number of allylic oxidation sites excluding steroid dienone is 2. The molecule has 2 heteroatoms. The summed E-state index contributed by atoms with van der Waals surface area (Å²) in [5, 5.41) is 2.32. The quantitative estimate of drug-likeness (QED) is 0.738. The number of fused-ring (bicyclic) bond motifs is 1. The number of rotatable bonds is 4. The lowest BCUT2D eigenvalue weighted by Gasteiger charge is -2.01. The molecule has 0 spiro atoms. The van der Waals surface area contributed by atoms with Crippen molar-refractivity contribution in [2.75, 3.05) is 6.54 Å². The van der Waals surface area contributed by atoms with E-state index in [0.29, 0.717) is 0 Å². The van der Waals surface area contributed by atoms with Gasteiger partial charge in [0.15, 0.2) is 0 Å². The highest BCUT2D eigenvalue weighted by Crippen LogP contribution is 2.25. The Morgan fingerprint density at radius 2 is 2.29 bits per heavy atom. The summed E-state index contributed by atoms with van der Waals surface area (Å²) in [4.78, 5) is 6.56. The number of hydrogen-bond donors (Lipinski definition) is 0. The number of benzene rings is 1. The summed E-state index contributed by atoms with van der Waals surface area (Å²) in [5.74, 6) is 0. The lowest BCUT2D eigenvalue weighted by Crippen LogP contribution is -2.20. The van der Waals surface area contributed by atoms with Crippen molar-refractivity contribution in [3.8, 4) is 0 Å². The maximum absolute atomic E-state index is 4.37.